The number of hydrogen-bond acceptors (Lipinski definition) is 0. The van der Waals surface area contributed by atoms with Crippen molar-refractivity contribution in [1.82, 2.24) is 0 Å². The summed E-state index contributed by atoms with van der Waals surface area (Å²) in [5.41, 5.74) is 2.34. The van der Waals surface area contributed by atoms with Crippen LogP contribution in [-0.2, 0) is 0 Å². The summed E-state index contributed by atoms with van der Waals surface area (Å²) in [4.78, 5) is 0. The smallest absolute Gasteiger partial charge is 0.123 e. The monoisotopic (exact) mass is 206 g/mol. The number of rotatable bonds is 5. The lowest BCUT2D eigenvalue weighted by molar-refractivity contribution is 0.619. The predicted octanol–water partition coefficient (Wildman–Crippen LogP) is 4.68. The zero-order valence-electron chi connectivity index (χ0n) is 9.59. The maximum absolute atomic E-state index is 12.8. The van der Waals surface area contributed by atoms with Crippen molar-refractivity contribution >= 4 is 0 Å². The second-order valence-corrected chi connectivity index (χ2v) is 4.09. The Morgan fingerprint density at radius 1 is 1.33 bits per heavy atom. The van der Waals surface area contributed by atoms with Gasteiger partial charge in [0.1, 0.15) is 5.82 Å². The molecule has 1 rings (SSSR count). The fourth-order valence-corrected chi connectivity index (χ4v) is 1.80. The second kappa shape index (κ2) is 5.69. The first-order chi connectivity index (χ1) is 7.15. The highest BCUT2D eigenvalue weighted by molar-refractivity contribution is 5.27. The largest absolute Gasteiger partial charge is 0.207 e. The maximum Gasteiger partial charge on any atom is 0.123 e. The lowest BCUT2D eigenvalue weighted by Crippen LogP contribution is -1.99. The second-order valence-electron chi connectivity index (χ2n) is 4.09. The molecule has 15 heavy (non-hydrogen) atoms. The van der Waals surface area contributed by atoms with Crippen molar-refractivity contribution in [2.24, 2.45) is 0 Å². The van der Waals surface area contributed by atoms with Gasteiger partial charge >= 0.3 is 0 Å². The standard InChI is InChI=1S/C14H19F/c1-4-5-6-14(11(2)3)12-7-9-13(15)10-8-12/h7-10,14H,2,4-6H2,1,3H3. The highest BCUT2D eigenvalue weighted by atomic mass is 19.1. The Hall–Kier alpha value is -1.11. The fourth-order valence-electron chi connectivity index (χ4n) is 1.80. The Bertz CT molecular complexity index is 311. The summed E-state index contributed by atoms with van der Waals surface area (Å²) in [7, 11) is 0. The third-order valence-corrected chi connectivity index (χ3v) is 2.71. The van der Waals surface area contributed by atoms with E-state index in [1.807, 2.05) is 19.1 Å². The zero-order chi connectivity index (χ0) is 11.3. The molecule has 0 bridgehead atoms. The number of unbranched alkanes of at least 4 members (excludes halogenated alkanes) is 1. The number of halogens is 1. The molecule has 0 aliphatic rings. The van der Waals surface area contributed by atoms with E-state index in [0.717, 1.165) is 12.0 Å². The van der Waals surface area contributed by atoms with Gasteiger partial charge in [-0.2, -0.15) is 0 Å². The third kappa shape index (κ3) is 3.50. The lowest BCUT2D eigenvalue weighted by atomic mass is 9.88. The van der Waals surface area contributed by atoms with Crippen LogP contribution in [0.25, 0.3) is 0 Å². The van der Waals surface area contributed by atoms with Gasteiger partial charge in [-0.15, -0.1) is 0 Å². The zero-order valence-corrected chi connectivity index (χ0v) is 9.59. The molecule has 0 saturated heterocycles. The van der Waals surface area contributed by atoms with Crippen molar-refractivity contribution in [2.75, 3.05) is 0 Å². The minimum Gasteiger partial charge on any atom is -0.207 e. The fraction of sp³-hybridized carbons (Fsp3) is 0.429. The maximum atomic E-state index is 12.8. The van der Waals surface area contributed by atoms with Crippen molar-refractivity contribution in [2.45, 2.75) is 39.0 Å². The summed E-state index contributed by atoms with van der Waals surface area (Å²) >= 11 is 0. The molecule has 1 heteroatoms. The van der Waals surface area contributed by atoms with Crippen LogP contribution in [0.1, 0.15) is 44.6 Å². The molecule has 0 radical (unpaired) electrons. The number of benzene rings is 1. The third-order valence-electron chi connectivity index (χ3n) is 2.71. The van der Waals surface area contributed by atoms with Gasteiger partial charge in [0.25, 0.3) is 0 Å². The first kappa shape index (κ1) is 12.0. The summed E-state index contributed by atoms with van der Waals surface area (Å²) in [6.07, 6.45) is 3.48. The summed E-state index contributed by atoms with van der Waals surface area (Å²) < 4.78 is 12.8. The van der Waals surface area contributed by atoms with E-state index in [-0.39, 0.29) is 5.82 Å². The first-order valence-electron chi connectivity index (χ1n) is 5.56. The molecule has 82 valence electrons. The molecule has 0 N–H and O–H groups in total. The van der Waals surface area contributed by atoms with Gasteiger partial charge < -0.3 is 0 Å². The molecule has 0 spiro atoms. The molecule has 0 nitrogen and oxygen atoms in total. The van der Waals surface area contributed by atoms with Gasteiger partial charge in [0.2, 0.25) is 0 Å². The molecule has 0 saturated carbocycles. The quantitative estimate of drug-likeness (QED) is 0.614. The van der Waals surface area contributed by atoms with Gasteiger partial charge in [-0.3, -0.25) is 0 Å². The Labute approximate surface area is 91.8 Å². The van der Waals surface area contributed by atoms with Crippen LogP contribution in [0, 0.1) is 5.82 Å². The average Bonchev–Trinajstić information content (AvgIpc) is 2.21. The van der Waals surface area contributed by atoms with E-state index in [0.29, 0.717) is 5.92 Å². The van der Waals surface area contributed by atoms with E-state index in [1.54, 1.807) is 0 Å². The number of allylic oxidation sites excluding steroid dienone is 1. The molecule has 1 unspecified atom stereocenters. The normalized spacial score (nSPS) is 12.5. The van der Waals surface area contributed by atoms with Gasteiger partial charge in [-0.05, 0) is 31.0 Å². The van der Waals surface area contributed by atoms with Crippen LogP contribution in [0.3, 0.4) is 0 Å². The number of hydrogen-bond donors (Lipinski definition) is 0. The van der Waals surface area contributed by atoms with Crippen LogP contribution in [0.15, 0.2) is 36.4 Å². The van der Waals surface area contributed by atoms with E-state index >= 15 is 0 Å². The topological polar surface area (TPSA) is 0 Å². The summed E-state index contributed by atoms with van der Waals surface area (Å²) in [6.45, 7) is 8.24. The van der Waals surface area contributed by atoms with E-state index in [4.69, 9.17) is 0 Å². The van der Waals surface area contributed by atoms with Crippen LogP contribution < -0.4 is 0 Å². The Kier molecular flexibility index (Phi) is 4.54. The highest BCUT2D eigenvalue weighted by Gasteiger charge is 2.11. The van der Waals surface area contributed by atoms with Crippen molar-refractivity contribution in [3.8, 4) is 0 Å². The molecular weight excluding hydrogens is 187 g/mol. The van der Waals surface area contributed by atoms with E-state index in [9.17, 15) is 4.39 Å². The van der Waals surface area contributed by atoms with Crippen LogP contribution in [0.5, 0.6) is 0 Å². The Morgan fingerprint density at radius 2 is 1.93 bits per heavy atom. The molecule has 0 aliphatic carbocycles. The molecule has 1 aromatic carbocycles. The summed E-state index contributed by atoms with van der Waals surface area (Å²) in [5.74, 6) is 0.209. The molecule has 1 aromatic rings. The first-order valence-corrected chi connectivity index (χ1v) is 5.56. The SMILES string of the molecule is C=C(C)C(CCCC)c1ccc(F)cc1. The lowest BCUT2D eigenvalue weighted by Gasteiger charge is -2.17. The van der Waals surface area contributed by atoms with Gasteiger partial charge in [0.05, 0.1) is 0 Å². The van der Waals surface area contributed by atoms with Crippen LogP contribution in [0.4, 0.5) is 4.39 Å². The Morgan fingerprint density at radius 3 is 2.40 bits per heavy atom. The van der Waals surface area contributed by atoms with Gasteiger partial charge in [-0.1, -0.05) is 44.1 Å². The predicted molar refractivity (Wildman–Crippen MR) is 63.5 cm³/mol. The summed E-state index contributed by atoms with van der Waals surface area (Å²) in [5, 5.41) is 0. The van der Waals surface area contributed by atoms with E-state index < -0.39 is 0 Å². The van der Waals surface area contributed by atoms with Crippen LogP contribution in [-0.4, -0.2) is 0 Å². The molecule has 0 heterocycles. The molecule has 0 aromatic heterocycles. The van der Waals surface area contributed by atoms with Crippen molar-refractivity contribution in [3.63, 3.8) is 0 Å². The van der Waals surface area contributed by atoms with E-state index in [1.165, 1.54) is 30.5 Å². The molecule has 0 fully saturated rings. The minimum atomic E-state index is -0.172. The van der Waals surface area contributed by atoms with Gasteiger partial charge in [0.15, 0.2) is 0 Å². The van der Waals surface area contributed by atoms with Crippen LogP contribution in [0.2, 0.25) is 0 Å². The van der Waals surface area contributed by atoms with Crippen molar-refractivity contribution in [1.29, 1.82) is 0 Å². The molecular formula is C14H19F. The highest BCUT2D eigenvalue weighted by Crippen LogP contribution is 2.28. The van der Waals surface area contributed by atoms with Gasteiger partial charge in [0, 0.05) is 5.92 Å². The molecule has 0 aliphatic heterocycles. The van der Waals surface area contributed by atoms with Crippen molar-refractivity contribution < 1.29 is 4.39 Å². The average molecular weight is 206 g/mol. The van der Waals surface area contributed by atoms with E-state index in [2.05, 4.69) is 13.5 Å². The van der Waals surface area contributed by atoms with Gasteiger partial charge in [-0.25, -0.2) is 4.39 Å². The van der Waals surface area contributed by atoms with Crippen molar-refractivity contribution in [3.05, 3.63) is 47.8 Å². The molecule has 0 amide bonds. The minimum absolute atomic E-state index is 0.172. The van der Waals surface area contributed by atoms with Crippen LogP contribution >= 0.6 is 0 Å². The summed E-state index contributed by atoms with van der Waals surface area (Å²) in [6, 6.07) is 6.78. The molecule has 1 atom stereocenters. The Balaban J connectivity index is 2.79.